The first-order valence-electron chi connectivity index (χ1n) is 11.1. The molecule has 3 aliphatic rings. The Bertz CT molecular complexity index is 943. The number of rotatable bonds is 5. The van der Waals surface area contributed by atoms with E-state index in [1.54, 1.807) is 11.3 Å². The molecule has 30 heavy (non-hydrogen) atoms. The lowest BCUT2D eigenvalue weighted by Gasteiger charge is -2.38. The zero-order valence-electron chi connectivity index (χ0n) is 17.2. The molecule has 7 heteroatoms. The quantitative estimate of drug-likeness (QED) is 0.740. The predicted molar refractivity (Wildman–Crippen MR) is 118 cm³/mol. The largest absolute Gasteiger partial charge is 0.490 e. The fraction of sp³-hybridized carbons (Fsp3) is 0.565. The minimum absolute atomic E-state index is 0.213. The number of ether oxygens (including phenoxy) is 2. The van der Waals surface area contributed by atoms with Crippen LogP contribution in [0.5, 0.6) is 5.75 Å². The average Bonchev–Trinajstić information content (AvgIpc) is 3.33. The Balaban J connectivity index is 1.33. The molecule has 1 atom stereocenters. The Morgan fingerprint density at radius 1 is 1.23 bits per heavy atom. The van der Waals surface area contributed by atoms with E-state index in [9.17, 15) is 4.79 Å². The van der Waals surface area contributed by atoms with Crippen LogP contribution >= 0.6 is 11.3 Å². The first-order chi connectivity index (χ1) is 14.7. The number of morpholine rings is 1. The molecule has 0 radical (unpaired) electrons. The van der Waals surface area contributed by atoms with E-state index in [2.05, 4.69) is 9.88 Å². The molecule has 1 saturated heterocycles. The molecule has 6 nitrogen and oxygen atoms in total. The Morgan fingerprint density at radius 2 is 2.03 bits per heavy atom. The van der Waals surface area contributed by atoms with Crippen LogP contribution in [-0.4, -0.2) is 54.2 Å². The van der Waals surface area contributed by atoms with Gasteiger partial charge in [-0.15, -0.1) is 11.3 Å². The summed E-state index contributed by atoms with van der Waals surface area (Å²) in [5.74, 6) is 0.770. The fourth-order valence-corrected chi connectivity index (χ4v) is 6.47. The Kier molecular flexibility index (Phi) is 5.76. The number of nitrogens with two attached hydrogens (primary N) is 1. The van der Waals surface area contributed by atoms with Crippen molar-refractivity contribution in [3.63, 3.8) is 0 Å². The van der Waals surface area contributed by atoms with E-state index in [0.29, 0.717) is 6.04 Å². The van der Waals surface area contributed by atoms with Crippen LogP contribution in [0.1, 0.15) is 48.5 Å². The van der Waals surface area contributed by atoms with Gasteiger partial charge in [-0.1, -0.05) is 6.08 Å². The number of primary amides is 1. The molecule has 1 amide bonds. The summed E-state index contributed by atoms with van der Waals surface area (Å²) in [7, 11) is 0. The van der Waals surface area contributed by atoms with Crippen molar-refractivity contribution in [1.29, 1.82) is 0 Å². The summed E-state index contributed by atoms with van der Waals surface area (Å²) in [4.78, 5) is 20.8. The third-order valence-electron chi connectivity index (χ3n) is 6.71. The molecule has 1 saturated carbocycles. The van der Waals surface area contributed by atoms with Crippen LogP contribution in [0.15, 0.2) is 24.4 Å². The number of hydrogen-bond donors (Lipinski definition) is 1. The highest BCUT2D eigenvalue weighted by atomic mass is 32.1. The predicted octanol–water partition coefficient (Wildman–Crippen LogP) is 3.39. The second kappa shape index (κ2) is 8.65. The lowest BCUT2D eigenvalue weighted by atomic mass is 9.91. The maximum absolute atomic E-state index is 11.2. The average molecular weight is 428 g/mol. The van der Waals surface area contributed by atoms with Gasteiger partial charge in [-0.3, -0.25) is 9.69 Å². The maximum atomic E-state index is 11.2. The number of allylic oxidation sites excluding steroid dienone is 1. The van der Waals surface area contributed by atoms with Crippen LogP contribution in [0.2, 0.25) is 0 Å². The molecule has 3 heterocycles. The molecule has 2 aliphatic carbocycles. The second-order valence-corrected chi connectivity index (χ2v) is 9.62. The Morgan fingerprint density at radius 3 is 2.80 bits per heavy atom. The van der Waals surface area contributed by atoms with Gasteiger partial charge in [-0.25, -0.2) is 4.98 Å². The Labute approximate surface area is 181 Å². The normalized spacial score (nSPS) is 27.5. The van der Waals surface area contributed by atoms with Gasteiger partial charge in [-0.2, -0.15) is 0 Å². The van der Waals surface area contributed by atoms with Crippen LogP contribution in [0.3, 0.4) is 0 Å². The van der Waals surface area contributed by atoms with E-state index in [0.717, 1.165) is 68.0 Å². The van der Waals surface area contributed by atoms with Crippen molar-refractivity contribution in [3.05, 3.63) is 34.9 Å². The van der Waals surface area contributed by atoms with Crippen LogP contribution in [0.4, 0.5) is 0 Å². The fourth-order valence-electron chi connectivity index (χ4n) is 5.22. The van der Waals surface area contributed by atoms with Crippen LogP contribution < -0.4 is 10.5 Å². The van der Waals surface area contributed by atoms with Gasteiger partial charge >= 0.3 is 0 Å². The lowest BCUT2D eigenvalue weighted by Crippen LogP contribution is -2.46. The summed E-state index contributed by atoms with van der Waals surface area (Å²) in [5.41, 5.74) is 6.62. The summed E-state index contributed by atoms with van der Waals surface area (Å²) in [6.45, 7) is 3.84. The van der Waals surface area contributed by atoms with Gasteiger partial charge in [0.25, 0.3) is 0 Å². The first kappa shape index (κ1) is 20.0. The molecular formula is C23H29N3O3S. The summed E-state index contributed by atoms with van der Waals surface area (Å²) < 4.78 is 12.1. The third-order valence-corrected chi connectivity index (χ3v) is 7.89. The van der Waals surface area contributed by atoms with Gasteiger partial charge in [-0.05, 0) is 56.2 Å². The van der Waals surface area contributed by atoms with Crippen LogP contribution in [0.25, 0.3) is 10.2 Å². The summed E-state index contributed by atoms with van der Waals surface area (Å²) in [5, 5.41) is 1.14. The zero-order valence-corrected chi connectivity index (χ0v) is 18.0. The van der Waals surface area contributed by atoms with Crippen molar-refractivity contribution in [1.82, 2.24) is 9.88 Å². The highest BCUT2D eigenvalue weighted by Crippen LogP contribution is 2.47. The van der Waals surface area contributed by atoms with E-state index >= 15 is 0 Å². The van der Waals surface area contributed by atoms with E-state index < -0.39 is 5.91 Å². The number of carbonyl (C=O) groups is 1. The van der Waals surface area contributed by atoms with E-state index in [-0.39, 0.29) is 12.0 Å². The number of carbonyl (C=O) groups excluding carboxylic acids is 1. The molecule has 5 rings (SSSR count). The number of hydrogen-bond acceptors (Lipinski definition) is 6. The molecular weight excluding hydrogens is 398 g/mol. The van der Waals surface area contributed by atoms with Crippen LogP contribution in [0, 0.1) is 0 Å². The van der Waals surface area contributed by atoms with Gasteiger partial charge in [0, 0.05) is 36.1 Å². The molecule has 0 spiro atoms. The highest BCUT2D eigenvalue weighted by molar-refractivity contribution is 7.19. The van der Waals surface area contributed by atoms with Gasteiger partial charge in [0.1, 0.15) is 10.6 Å². The molecule has 1 aliphatic heterocycles. The van der Waals surface area contributed by atoms with Crippen molar-refractivity contribution in [2.45, 2.75) is 56.6 Å². The van der Waals surface area contributed by atoms with Gasteiger partial charge in [0.05, 0.1) is 24.7 Å². The van der Waals surface area contributed by atoms with E-state index in [4.69, 9.17) is 15.2 Å². The van der Waals surface area contributed by atoms with Gasteiger partial charge in [0.2, 0.25) is 5.91 Å². The molecule has 2 aromatic rings. The summed E-state index contributed by atoms with van der Waals surface area (Å²) >= 11 is 1.76. The Hall–Kier alpha value is -1.96. The molecule has 2 aromatic heterocycles. The molecule has 2 N–H and O–H groups in total. The SMILES string of the molecule is NC(=O)/C=C/[C@H]1CCc2sc3nccc(O[C@H]4CC[C@H](N5CCOCC5)CC4)c3c21. The second-order valence-electron chi connectivity index (χ2n) is 8.53. The molecule has 0 bridgehead atoms. The third kappa shape index (κ3) is 3.98. The number of nitrogens with zero attached hydrogens (tertiary/aromatic N) is 2. The molecule has 2 fully saturated rings. The van der Waals surface area contributed by atoms with Crippen molar-refractivity contribution in [3.8, 4) is 5.75 Å². The number of pyridine rings is 1. The monoisotopic (exact) mass is 427 g/mol. The van der Waals surface area contributed by atoms with E-state index in [1.807, 2.05) is 18.3 Å². The minimum atomic E-state index is -0.394. The van der Waals surface area contributed by atoms with Crippen molar-refractivity contribution < 1.29 is 14.3 Å². The number of aromatic nitrogens is 1. The van der Waals surface area contributed by atoms with Crippen molar-refractivity contribution in [2.75, 3.05) is 26.3 Å². The van der Waals surface area contributed by atoms with Crippen molar-refractivity contribution >= 4 is 27.5 Å². The summed E-state index contributed by atoms with van der Waals surface area (Å²) in [6.07, 6.45) is 12.1. The van der Waals surface area contributed by atoms with E-state index in [1.165, 1.54) is 29.4 Å². The lowest BCUT2D eigenvalue weighted by molar-refractivity contribution is -0.113. The zero-order chi connectivity index (χ0) is 20.5. The molecule has 160 valence electrons. The minimum Gasteiger partial charge on any atom is -0.490 e. The van der Waals surface area contributed by atoms with Crippen molar-refractivity contribution in [2.24, 2.45) is 5.73 Å². The van der Waals surface area contributed by atoms with Gasteiger partial charge in [0.15, 0.2) is 0 Å². The first-order valence-corrected chi connectivity index (χ1v) is 11.9. The smallest absolute Gasteiger partial charge is 0.241 e. The number of aryl methyl sites for hydroxylation is 1. The van der Waals surface area contributed by atoms with Gasteiger partial charge < -0.3 is 15.2 Å². The number of fused-ring (bicyclic) bond motifs is 3. The highest BCUT2D eigenvalue weighted by Gasteiger charge is 2.31. The number of amides is 1. The molecule has 0 aromatic carbocycles. The van der Waals surface area contributed by atoms with Crippen LogP contribution in [-0.2, 0) is 16.0 Å². The maximum Gasteiger partial charge on any atom is 0.241 e. The summed E-state index contributed by atoms with van der Waals surface area (Å²) in [6, 6.07) is 2.68. The topological polar surface area (TPSA) is 77.7 Å². The standard InChI is InChI=1S/C23H29N3O3S/c24-20(27)8-2-15-1-7-19-21(15)22-18(9-10-25-23(22)30-19)29-17-5-3-16(4-6-17)26-11-13-28-14-12-26/h2,8-10,15-17H,1,3-7,11-14H2,(H2,24,27)/b8-2+/t15-,16-,17-/m1/s1. The molecule has 0 unspecified atom stereocenters. The number of thiophene rings is 1.